The molecule has 0 amide bonds. The van der Waals surface area contributed by atoms with Crippen molar-refractivity contribution in [2.75, 3.05) is 13.2 Å². The molecule has 59 heavy (non-hydrogen) atoms. The van der Waals surface area contributed by atoms with Crippen molar-refractivity contribution in [3.8, 4) is 0 Å². The van der Waals surface area contributed by atoms with Crippen molar-refractivity contribution in [1.82, 2.24) is 0 Å². The summed E-state index contributed by atoms with van der Waals surface area (Å²) in [6, 6.07) is 30.0. The Kier molecular flexibility index (Phi) is 22.2. The van der Waals surface area contributed by atoms with Crippen LogP contribution in [0.25, 0.3) is 0 Å². The van der Waals surface area contributed by atoms with Gasteiger partial charge in [0.2, 0.25) is 0 Å². The molecule has 9 nitrogen and oxygen atoms in total. The van der Waals surface area contributed by atoms with Gasteiger partial charge in [-0.05, 0) is 36.5 Å². The van der Waals surface area contributed by atoms with E-state index in [0.29, 0.717) is 6.61 Å². The Balaban J connectivity index is 1.39. The van der Waals surface area contributed by atoms with Crippen molar-refractivity contribution in [1.29, 1.82) is 0 Å². The van der Waals surface area contributed by atoms with Gasteiger partial charge in [0.1, 0.15) is 36.6 Å². The average Bonchev–Trinajstić information content (AvgIpc) is 3.25. The van der Waals surface area contributed by atoms with Gasteiger partial charge < -0.3 is 23.7 Å². The number of unbranched alkanes of at least 4 members (excludes halogenated alkanes) is 14. The molecule has 2 aliphatic rings. The molecule has 2 bridgehead atoms. The molecule has 2 fully saturated rings. The second kappa shape index (κ2) is 27.5. The Labute approximate surface area is 355 Å². The number of phosphoric ester groups is 1. The predicted molar refractivity (Wildman–Crippen MR) is 234 cm³/mol. The van der Waals surface area contributed by atoms with Crippen molar-refractivity contribution in [2.45, 2.75) is 186 Å². The van der Waals surface area contributed by atoms with Crippen LogP contribution in [0.15, 0.2) is 91.0 Å². The summed E-state index contributed by atoms with van der Waals surface area (Å²) < 4.78 is 67.7. The summed E-state index contributed by atoms with van der Waals surface area (Å²) >= 11 is 0. The summed E-state index contributed by atoms with van der Waals surface area (Å²) in [5, 5.41) is 0. The van der Waals surface area contributed by atoms with Gasteiger partial charge in [-0.3, -0.25) is 13.6 Å². The SMILES string of the molecule is CCCCCCCCCCOP(=O)(OCCCCCCCCCC)OC1[C@H](OCc2ccccc2)[C@@H]2OC(C)O[C@@H](C2OCc2ccccc2)[C@H]1OCc1ccccc1. The molecule has 0 radical (unpaired) electrons. The molecule has 0 spiro atoms. The lowest BCUT2D eigenvalue weighted by molar-refractivity contribution is -0.363. The fourth-order valence-electron chi connectivity index (χ4n) is 7.97. The van der Waals surface area contributed by atoms with E-state index in [-0.39, 0.29) is 26.4 Å². The van der Waals surface area contributed by atoms with Crippen LogP contribution in [0.5, 0.6) is 0 Å². The van der Waals surface area contributed by atoms with Crippen LogP contribution in [0.2, 0.25) is 0 Å². The highest BCUT2D eigenvalue weighted by Gasteiger charge is 2.60. The van der Waals surface area contributed by atoms with E-state index in [4.69, 9.17) is 37.3 Å². The van der Waals surface area contributed by atoms with Gasteiger partial charge in [0.25, 0.3) is 0 Å². The Morgan fingerprint density at radius 3 is 1.17 bits per heavy atom. The quantitative estimate of drug-likeness (QED) is 0.0464. The number of ether oxygens (including phenoxy) is 5. The highest BCUT2D eigenvalue weighted by Crippen LogP contribution is 2.54. The lowest BCUT2D eigenvalue weighted by Gasteiger charge is -2.53. The Morgan fingerprint density at radius 2 is 0.797 bits per heavy atom. The Hall–Kier alpha value is -2.43. The first-order valence-electron chi connectivity index (χ1n) is 22.8. The van der Waals surface area contributed by atoms with Crippen molar-refractivity contribution >= 4 is 7.82 Å². The molecule has 0 N–H and O–H groups in total. The van der Waals surface area contributed by atoms with E-state index in [1.807, 2.05) is 97.9 Å². The average molecular weight is 837 g/mol. The number of benzene rings is 3. The fourth-order valence-corrected chi connectivity index (χ4v) is 9.41. The minimum atomic E-state index is -4.14. The van der Waals surface area contributed by atoms with E-state index in [1.165, 1.54) is 64.2 Å². The van der Waals surface area contributed by atoms with E-state index in [2.05, 4.69) is 13.8 Å². The van der Waals surface area contributed by atoms with Crippen LogP contribution in [0.3, 0.4) is 0 Å². The van der Waals surface area contributed by atoms with E-state index in [1.54, 1.807) is 0 Å². The molecule has 1 aliphatic carbocycles. The highest BCUT2D eigenvalue weighted by molar-refractivity contribution is 7.48. The Morgan fingerprint density at radius 1 is 0.458 bits per heavy atom. The molecule has 0 aromatic heterocycles. The number of hydrogen-bond donors (Lipinski definition) is 0. The molecule has 3 aromatic rings. The first kappa shape index (κ1) is 47.6. The zero-order valence-corrected chi connectivity index (χ0v) is 37.1. The summed E-state index contributed by atoms with van der Waals surface area (Å²) in [6.45, 7) is 7.76. The van der Waals surface area contributed by atoms with Crippen molar-refractivity contribution in [2.24, 2.45) is 0 Å². The van der Waals surface area contributed by atoms with Gasteiger partial charge in [0, 0.05) is 0 Å². The summed E-state index contributed by atoms with van der Waals surface area (Å²) in [4.78, 5) is 0. The van der Waals surface area contributed by atoms with Gasteiger partial charge in [-0.25, -0.2) is 4.57 Å². The Bertz CT molecular complexity index is 1460. The molecule has 3 unspecified atom stereocenters. The van der Waals surface area contributed by atoms with Crippen LogP contribution in [-0.2, 0) is 61.6 Å². The molecule has 328 valence electrons. The van der Waals surface area contributed by atoms with Crippen molar-refractivity contribution in [3.05, 3.63) is 108 Å². The molecule has 7 atom stereocenters. The van der Waals surface area contributed by atoms with Gasteiger partial charge >= 0.3 is 7.82 Å². The molecule has 1 aliphatic heterocycles. The maximum atomic E-state index is 15.0. The monoisotopic (exact) mass is 836 g/mol. The molecule has 1 heterocycles. The summed E-state index contributed by atoms with van der Waals surface area (Å²) in [5.74, 6) is 0. The lowest BCUT2D eigenvalue weighted by atomic mass is 9.83. The maximum absolute atomic E-state index is 15.0. The van der Waals surface area contributed by atoms with Crippen LogP contribution in [0, 0.1) is 0 Å². The molecule has 3 aromatic carbocycles. The molecule has 10 heteroatoms. The van der Waals surface area contributed by atoms with Crippen LogP contribution in [0.4, 0.5) is 0 Å². The summed E-state index contributed by atoms with van der Waals surface area (Å²) in [7, 11) is -4.14. The third-order valence-corrected chi connectivity index (χ3v) is 12.7. The summed E-state index contributed by atoms with van der Waals surface area (Å²) in [6.07, 6.45) is 13.3. The zero-order chi connectivity index (χ0) is 41.4. The van der Waals surface area contributed by atoms with Gasteiger partial charge in [-0.2, -0.15) is 0 Å². The van der Waals surface area contributed by atoms with Crippen LogP contribution in [-0.4, -0.2) is 56.1 Å². The van der Waals surface area contributed by atoms with Gasteiger partial charge in [0.15, 0.2) is 6.29 Å². The topological polar surface area (TPSA) is 90.9 Å². The van der Waals surface area contributed by atoms with Gasteiger partial charge in [-0.15, -0.1) is 0 Å². The second-order valence-corrected chi connectivity index (χ2v) is 17.8. The van der Waals surface area contributed by atoms with Crippen LogP contribution >= 0.6 is 7.82 Å². The fraction of sp³-hybridized carbons (Fsp3) is 0.633. The van der Waals surface area contributed by atoms with Gasteiger partial charge in [-0.1, -0.05) is 195 Å². The standard InChI is InChI=1S/C49H73O9P/c1-4-6-8-10-12-14-16-27-35-54-59(50,55-36-28-17-15-13-11-9-7-5-2)58-49-45(52-38-42-31-23-19-24-32-42)47-44(51-37-41-29-21-18-22-30-41)48(57-40(3)56-47)46(49)53-39-43-33-25-20-26-34-43/h18-26,29-34,40,44-49H,4-17,27-28,35-39H2,1-3H3/t40?,44?,45-,46-,47-,48+,49?/m1/s1. The van der Waals surface area contributed by atoms with Crippen molar-refractivity contribution in [3.63, 3.8) is 0 Å². The first-order chi connectivity index (χ1) is 29.0. The minimum Gasteiger partial charge on any atom is -0.368 e. The van der Waals surface area contributed by atoms with Crippen LogP contribution in [0.1, 0.15) is 140 Å². The molecule has 1 saturated heterocycles. The van der Waals surface area contributed by atoms with Crippen molar-refractivity contribution < 1.29 is 41.8 Å². The van der Waals surface area contributed by atoms with Crippen LogP contribution < -0.4 is 0 Å². The first-order valence-corrected chi connectivity index (χ1v) is 24.3. The number of hydrogen-bond acceptors (Lipinski definition) is 9. The summed E-state index contributed by atoms with van der Waals surface area (Å²) in [5.41, 5.74) is 2.99. The third kappa shape index (κ3) is 16.8. The smallest absolute Gasteiger partial charge is 0.368 e. The second-order valence-electron chi connectivity index (χ2n) is 16.2. The minimum absolute atomic E-state index is 0.265. The van der Waals surface area contributed by atoms with E-state index in [9.17, 15) is 0 Å². The van der Waals surface area contributed by atoms with Gasteiger partial charge in [0.05, 0.1) is 33.0 Å². The predicted octanol–water partition coefficient (Wildman–Crippen LogP) is 12.7. The third-order valence-electron chi connectivity index (χ3n) is 11.2. The lowest BCUT2D eigenvalue weighted by Crippen LogP contribution is -2.70. The molecular weight excluding hydrogens is 764 g/mol. The highest BCUT2D eigenvalue weighted by atomic mass is 31.2. The number of fused-ring (bicyclic) bond motifs is 2. The van der Waals surface area contributed by atoms with E-state index < -0.39 is 50.7 Å². The number of rotatable bonds is 31. The maximum Gasteiger partial charge on any atom is 0.475 e. The molecule has 1 saturated carbocycles. The molecular formula is C49H73O9P. The largest absolute Gasteiger partial charge is 0.475 e. The normalized spacial score (nSPS) is 23.1. The number of phosphoric acid groups is 1. The zero-order valence-electron chi connectivity index (χ0n) is 36.2. The van der Waals surface area contributed by atoms with E-state index in [0.717, 1.165) is 55.2 Å². The molecule has 5 rings (SSSR count). The van der Waals surface area contributed by atoms with E-state index >= 15 is 4.57 Å².